The van der Waals surface area contributed by atoms with E-state index < -0.39 is 0 Å². The van der Waals surface area contributed by atoms with Crippen LogP contribution in [0.25, 0.3) is 0 Å². The van der Waals surface area contributed by atoms with Crippen molar-refractivity contribution in [1.82, 2.24) is 0 Å². The Morgan fingerprint density at radius 2 is 1.73 bits per heavy atom. The normalized spacial score (nSPS) is 12.7. The van der Waals surface area contributed by atoms with E-state index in [4.69, 9.17) is 0 Å². The minimum absolute atomic E-state index is 0.504. The molecular weight excluding hydrogens is 132 g/mol. The molecular formula is C11H22. The number of rotatable bonds is 5. The summed E-state index contributed by atoms with van der Waals surface area (Å²) >= 11 is 0. The van der Waals surface area contributed by atoms with E-state index in [1.54, 1.807) is 0 Å². The lowest BCUT2D eigenvalue weighted by atomic mass is 9.86. The Morgan fingerprint density at radius 3 is 2.18 bits per heavy atom. The van der Waals surface area contributed by atoms with Gasteiger partial charge in [-0.3, -0.25) is 0 Å². The highest BCUT2D eigenvalue weighted by Crippen LogP contribution is 2.24. The maximum absolute atomic E-state index is 2.33. The standard InChI is InChI=1S/C11H22/c1-5-7-8-9-10-11(3,4)6-2/h8-9H,5-7,10H2,1-4H3. The van der Waals surface area contributed by atoms with Gasteiger partial charge in [0.25, 0.3) is 0 Å². The second kappa shape index (κ2) is 5.40. The quantitative estimate of drug-likeness (QED) is 0.521. The Labute approximate surface area is 71.7 Å². The molecule has 0 rings (SSSR count). The molecule has 0 radical (unpaired) electrons. The van der Waals surface area contributed by atoms with Gasteiger partial charge in [0.1, 0.15) is 0 Å². The van der Waals surface area contributed by atoms with Crippen LogP contribution in [-0.4, -0.2) is 0 Å². The van der Waals surface area contributed by atoms with Crippen molar-refractivity contribution in [2.24, 2.45) is 5.41 Å². The highest BCUT2D eigenvalue weighted by molar-refractivity contribution is 4.86. The first-order valence-electron chi connectivity index (χ1n) is 4.77. The molecule has 0 saturated heterocycles. The fourth-order valence-corrected chi connectivity index (χ4v) is 0.831. The highest BCUT2D eigenvalue weighted by Gasteiger charge is 2.11. The topological polar surface area (TPSA) is 0 Å². The Hall–Kier alpha value is -0.260. The molecule has 0 N–H and O–H groups in total. The molecule has 0 amide bonds. The molecule has 0 aliphatic rings. The Balaban J connectivity index is 3.51. The van der Waals surface area contributed by atoms with Gasteiger partial charge < -0.3 is 0 Å². The average Bonchev–Trinajstić information content (AvgIpc) is 1.99. The molecule has 0 fully saturated rings. The summed E-state index contributed by atoms with van der Waals surface area (Å²) in [4.78, 5) is 0. The molecule has 0 aromatic carbocycles. The first-order valence-corrected chi connectivity index (χ1v) is 4.77. The van der Waals surface area contributed by atoms with E-state index in [2.05, 4.69) is 39.8 Å². The number of hydrogen-bond acceptors (Lipinski definition) is 0. The minimum Gasteiger partial charge on any atom is -0.0885 e. The third-order valence-electron chi connectivity index (χ3n) is 2.25. The van der Waals surface area contributed by atoms with Gasteiger partial charge in [-0.05, 0) is 18.3 Å². The van der Waals surface area contributed by atoms with Crippen LogP contribution in [-0.2, 0) is 0 Å². The van der Waals surface area contributed by atoms with Crippen molar-refractivity contribution in [3.05, 3.63) is 12.2 Å². The molecule has 66 valence electrons. The highest BCUT2D eigenvalue weighted by atomic mass is 14.2. The lowest BCUT2D eigenvalue weighted by molar-refractivity contribution is 0.356. The van der Waals surface area contributed by atoms with Crippen molar-refractivity contribution < 1.29 is 0 Å². The monoisotopic (exact) mass is 154 g/mol. The fourth-order valence-electron chi connectivity index (χ4n) is 0.831. The van der Waals surface area contributed by atoms with E-state index in [0.717, 1.165) is 0 Å². The molecule has 0 spiro atoms. The second-order valence-corrected chi connectivity index (χ2v) is 3.98. The van der Waals surface area contributed by atoms with Crippen LogP contribution in [0.15, 0.2) is 12.2 Å². The Morgan fingerprint density at radius 1 is 1.09 bits per heavy atom. The van der Waals surface area contributed by atoms with Crippen molar-refractivity contribution in [1.29, 1.82) is 0 Å². The predicted octanol–water partition coefficient (Wildman–Crippen LogP) is 4.17. The molecule has 0 aromatic heterocycles. The second-order valence-electron chi connectivity index (χ2n) is 3.98. The minimum atomic E-state index is 0.504. The first-order chi connectivity index (χ1) is 5.12. The molecule has 0 aliphatic heterocycles. The molecule has 11 heavy (non-hydrogen) atoms. The summed E-state index contributed by atoms with van der Waals surface area (Å²) in [5.74, 6) is 0. The zero-order valence-electron chi connectivity index (χ0n) is 8.48. The van der Waals surface area contributed by atoms with Gasteiger partial charge in [-0.25, -0.2) is 0 Å². The predicted molar refractivity (Wildman–Crippen MR) is 52.7 cm³/mol. The van der Waals surface area contributed by atoms with Crippen LogP contribution in [0.5, 0.6) is 0 Å². The molecule has 0 nitrogen and oxygen atoms in total. The van der Waals surface area contributed by atoms with Gasteiger partial charge >= 0.3 is 0 Å². The van der Waals surface area contributed by atoms with Crippen LogP contribution in [0.3, 0.4) is 0 Å². The van der Waals surface area contributed by atoms with E-state index in [-0.39, 0.29) is 0 Å². The summed E-state index contributed by atoms with van der Waals surface area (Å²) in [6.45, 7) is 9.12. The van der Waals surface area contributed by atoms with Crippen LogP contribution >= 0.6 is 0 Å². The van der Waals surface area contributed by atoms with Crippen LogP contribution in [0, 0.1) is 5.41 Å². The molecule has 0 unspecified atom stereocenters. The van der Waals surface area contributed by atoms with Gasteiger partial charge in [-0.15, -0.1) is 0 Å². The summed E-state index contributed by atoms with van der Waals surface area (Å²) in [5, 5.41) is 0. The molecule has 0 saturated carbocycles. The SMILES string of the molecule is CCCC=CCC(C)(C)CC. The van der Waals surface area contributed by atoms with Crippen molar-refractivity contribution in [3.63, 3.8) is 0 Å². The largest absolute Gasteiger partial charge is 0.0885 e. The molecule has 0 heterocycles. The Bertz CT molecular complexity index is 109. The van der Waals surface area contributed by atoms with Crippen molar-refractivity contribution in [2.75, 3.05) is 0 Å². The summed E-state index contributed by atoms with van der Waals surface area (Å²) in [7, 11) is 0. The molecule has 0 aromatic rings. The smallest absolute Gasteiger partial charge is 0.0299 e. The zero-order valence-corrected chi connectivity index (χ0v) is 8.48. The summed E-state index contributed by atoms with van der Waals surface area (Å²) in [6, 6.07) is 0. The lowest BCUT2D eigenvalue weighted by Crippen LogP contribution is -2.07. The van der Waals surface area contributed by atoms with E-state index in [9.17, 15) is 0 Å². The third-order valence-corrected chi connectivity index (χ3v) is 2.25. The van der Waals surface area contributed by atoms with Gasteiger partial charge in [0, 0.05) is 0 Å². The lowest BCUT2D eigenvalue weighted by Gasteiger charge is -2.19. The number of allylic oxidation sites excluding steroid dienone is 2. The van der Waals surface area contributed by atoms with E-state index in [1.807, 2.05) is 0 Å². The van der Waals surface area contributed by atoms with Gasteiger partial charge in [0.15, 0.2) is 0 Å². The molecule has 0 aliphatic carbocycles. The van der Waals surface area contributed by atoms with Crippen molar-refractivity contribution in [3.8, 4) is 0 Å². The number of hydrogen-bond donors (Lipinski definition) is 0. The van der Waals surface area contributed by atoms with Crippen molar-refractivity contribution >= 4 is 0 Å². The van der Waals surface area contributed by atoms with Gasteiger partial charge in [-0.1, -0.05) is 52.7 Å². The summed E-state index contributed by atoms with van der Waals surface area (Å²) < 4.78 is 0. The van der Waals surface area contributed by atoms with E-state index >= 15 is 0 Å². The Kier molecular flexibility index (Phi) is 5.27. The molecule has 0 bridgehead atoms. The maximum Gasteiger partial charge on any atom is -0.0299 e. The van der Waals surface area contributed by atoms with Crippen LogP contribution in [0.1, 0.15) is 53.4 Å². The summed E-state index contributed by atoms with van der Waals surface area (Å²) in [5.41, 5.74) is 0.504. The average molecular weight is 154 g/mol. The van der Waals surface area contributed by atoms with Crippen molar-refractivity contribution in [2.45, 2.75) is 53.4 Å². The van der Waals surface area contributed by atoms with Gasteiger partial charge in [0.05, 0.1) is 0 Å². The maximum atomic E-state index is 2.33. The van der Waals surface area contributed by atoms with Crippen LogP contribution in [0.4, 0.5) is 0 Å². The number of unbranched alkanes of at least 4 members (excludes halogenated alkanes) is 1. The first kappa shape index (κ1) is 10.7. The summed E-state index contributed by atoms with van der Waals surface area (Å²) in [6.07, 6.45) is 9.63. The zero-order chi connectivity index (χ0) is 8.74. The fraction of sp³-hybridized carbons (Fsp3) is 0.818. The van der Waals surface area contributed by atoms with Gasteiger partial charge in [0.2, 0.25) is 0 Å². The van der Waals surface area contributed by atoms with Crippen LogP contribution in [0.2, 0.25) is 0 Å². The molecule has 0 atom stereocenters. The molecule has 0 heteroatoms. The third kappa shape index (κ3) is 6.15. The van der Waals surface area contributed by atoms with Gasteiger partial charge in [-0.2, -0.15) is 0 Å². The van der Waals surface area contributed by atoms with E-state index in [0.29, 0.717) is 5.41 Å². The van der Waals surface area contributed by atoms with Crippen LogP contribution < -0.4 is 0 Å². The van der Waals surface area contributed by atoms with E-state index in [1.165, 1.54) is 25.7 Å².